The molecule has 2 aromatic carbocycles. The van der Waals surface area contributed by atoms with E-state index >= 15 is 0 Å². The third-order valence-corrected chi connectivity index (χ3v) is 4.46. The van der Waals surface area contributed by atoms with Crippen molar-refractivity contribution in [2.24, 2.45) is 0 Å². The van der Waals surface area contributed by atoms with Crippen LogP contribution in [-0.4, -0.2) is 18.9 Å². The maximum absolute atomic E-state index is 13.2. The number of fused-ring (bicyclic) bond motifs is 2. The van der Waals surface area contributed by atoms with Crippen LogP contribution in [0.4, 0.5) is 11.6 Å². The van der Waals surface area contributed by atoms with E-state index in [-0.39, 0.29) is 5.56 Å². The second-order valence-electron chi connectivity index (χ2n) is 6.13. The minimum Gasteiger partial charge on any atom is -0.322 e. The average molecular weight is 353 g/mol. The lowest BCUT2D eigenvalue weighted by Gasteiger charge is -2.15. The van der Waals surface area contributed by atoms with E-state index in [0.717, 1.165) is 17.0 Å². The van der Waals surface area contributed by atoms with Crippen LogP contribution in [0.5, 0.6) is 0 Å². The van der Waals surface area contributed by atoms with Gasteiger partial charge in [0.05, 0.1) is 22.3 Å². The van der Waals surface area contributed by atoms with E-state index in [2.05, 4.69) is 10.3 Å². The Labute approximate surface area is 154 Å². The highest BCUT2D eigenvalue weighted by Gasteiger charge is 2.14. The van der Waals surface area contributed by atoms with Gasteiger partial charge in [0.1, 0.15) is 0 Å². The van der Waals surface area contributed by atoms with Gasteiger partial charge in [-0.05, 0) is 36.4 Å². The van der Waals surface area contributed by atoms with Crippen molar-refractivity contribution >= 4 is 28.2 Å². The maximum Gasteiger partial charge on any atom is 0.267 e. The number of para-hydroxylation sites is 2. The molecule has 0 aliphatic rings. The van der Waals surface area contributed by atoms with Crippen LogP contribution in [0.15, 0.2) is 90.1 Å². The number of benzene rings is 2. The van der Waals surface area contributed by atoms with E-state index in [0.29, 0.717) is 16.9 Å². The highest BCUT2D eigenvalue weighted by Crippen LogP contribution is 2.22. The molecule has 3 heterocycles. The first-order chi connectivity index (χ1) is 13.3. The van der Waals surface area contributed by atoms with Crippen LogP contribution in [0.3, 0.4) is 0 Å². The largest absolute Gasteiger partial charge is 0.322 e. The number of anilines is 2. The van der Waals surface area contributed by atoms with Crippen molar-refractivity contribution in [3.63, 3.8) is 0 Å². The van der Waals surface area contributed by atoms with Gasteiger partial charge < -0.3 is 9.72 Å². The zero-order valence-corrected chi connectivity index (χ0v) is 14.3. The Kier molecular flexibility index (Phi) is 3.47. The number of pyridine rings is 1. The van der Waals surface area contributed by atoms with E-state index < -0.39 is 0 Å². The monoisotopic (exact) mass is 353 g/mol. The lowest BCUT2D eigenvalue weighted by molar-refractivity contribution is 0.974. The van der Waals surface area contributed by atoms with Gasteiger partial charge in [-0.2, -0.15) is 0 Å². The Bertz CT molecular complexity index is 1320. The Hall–Kier alpha value is -3.93. The minimum atomic E-state index is -0.121. The first-order valence-corrected chi connectivity index (χ1v) is 8.57. The molecule has 0 amide bonds. The molecule has 0 unspecified atom stereocenters. The first-order valence-electron chi connectivity index (χ1n) is 8.57. The van der Waals surface area contributed by atoms with Crippen LogP contribution in [0.25, 0.3) is 22.2 Å². The third-order valence-electron chi connectivity index (χ3n) is 4.46. The summed E-state index contributed by atoms with van der Waals surface area (Å²) in [5, 5.41) is 3.88. The molecular formula is C21H15N5O. The molecule has 1 N–H and O–H groups in total. The van der Waals surface area contributed by atoms with Crippen molar-refractivity contribution in [3.8, 4) is 5.69 Å². The van der Waals surface area contributed by atoms with Crippen molar-refractivity contribution in [2.45, 2.75) is 0 Å². The summed E-state index contributed by atoms with van der Waals surface area (Å²) in [4.78, 5) is 22.3. The average Bonchev–Trinajstić information content (AvgIpc) is 3.19. The minimum absolute atomic E-state index is 0.121. The van der Waals surface area contributed by atoms with Crippen LogP contribution >= 0.6 is 0 Å². The molecule has 0 aliphatic heterocycles. The van der Waals surface area contributed by atoms with Gasteiger partial charge in [-0.25, -0.2) is 14.5 Å². The molecule has 0 spiro atoms. The number of hydrogen-bond acceptors (Lipinski definition) is 4. The first kappa shape index (κ1) is 15.3. The normalized spacial score (nSPS) is 11.1. The number of nitrogens with one attached hydrogen (secondary N) is 1. The Morgan fingerprint density at radius 1 is 0.852 bits per heavy atom. The van der Waals surface area contributed by atoms with Crippen LogP contribution in [0, 0.1) is 0 Å². The molecule has 0 fully saturated rings. The SMILES string of the molecule is O=c1c2ccccc2nc(Nc2cccn3ccnc23)n1-c1ccccc1. The van der Waals surface area contributed by atoms with E-state index in [4.69, 9.17) is 4.98 Å². The lowest BCUT2D eigenvalue weighted by atomic mass is 10.2. The van der Waals surface area contributed by atoms with Crippen molar-refractivity contribution in [1.29, 1.82) is 0 Å². The molecule has 6 nitrogen and oxygen atoms in total. The Morgan fingerprint density at radius 3 is 2.56 bits per heavy atom. The van der Waals surface area contributed by atoms with E-state index in [1.807, 2.05) is 77.5 Å². The summed E-state index contributed by atoms with van der Waals surface area (Å²) in [7, 11) is 0. The van der Waals surface area contributed by atoms with E-state index in [9.17, 15) is 4.79 Å². The summed E-state index contributed by atoms with van der Waals surface area (Å²) < 4.78 is 3.50. The summed E-state index contributed by atoms with van der Waals surface area (Å²) in [6, 6.07) is 20.7. The zero-order valence-electron chi connectivity index (χ0n) is 14.3. The van der Waals surface area contributed by atoms with Crippen LogP contribution in [-0.2, 0) is 0 Å². The molecule has 5 aromatic rings. The Balaban J connectivity index is 1.78. The molecule has 0 saturated carbocycles. The second kappa shape index (κ2) is 6.10. The number of rotatable bonds is 3. The number of aromatic nitrogens is 4. The molecule has 0 radical (unpaired) electrons. The van der Waals surface area contributed by atoms with Crippen LogP contribution in [0.1, 0.15) is 0 Å². The smallest absolute Gasteiger partial charge is 0.267 e. The second-order valence-corrected chi connectivity index (χ2v) is 6.13. The predicted octanol–water partition coefficient (Wildman–Crippen LogP) is 3.78. The molecule has 0 aliphatic carbocycles. The van der Waals surface area contributed by atoms with Gasteiger partial charge in [-0.1, -0.05) is 30.3 Å². The van der Waals surface area contributed by atoms with Gasteiger partial charge in [-0.3, -0.25) is 4.79 Å². The molecule has 6 heteroatoms. The quantitative estimate of drug-likeness (QED) is 0.536. The van der Waals surface area contributed by atoms with Crippen LogP contribution < -0.4 is 10.9 Å². The van der Waals surface area contributed by atoms with Crippen molar-refractivity contribution in [3.05, 3.63) is 95.7 Å². The Morgan fingerprint density at radius 2 is 1.67 bits per heavy atom. The standard InChI is InChI=1S/C21H15N5O/c27-20-16-9-4-5-10-17(16)23-21(26(20)15-7-2-1-3-8-15)24-18-11-6-13-25-14-12-22-19(18)25/h1-14H,(H,23,24). The van der Waals surface area contributed by atoms with Gasteiger partial charge >= 0.3 is 0 Å². The highest BCUT2D eigenvalue weighted by molar-refractivity contribution is 5.81. The predicted molar refractivity (Wildman–Crippen MR) is 106 cm³/mol. The van der Waals surface area contributed by atoms with Gasteiger partial charge in [0.15, 0.2) is 5.65 Å². The summed E-state index contributed by atoms with van der Waals surface area (Å²) >= 11 is 0. The van der Waals surface area contributed by atoms with Gasteiger partial charge in [0, 0.05) is 18.6 Å². The molecule has 0 saturated heterocycles. The van der Waals surface area contributed by atoms with Gasteiger partial charge in [-0.15, -0.1) is 0 Å². The fourth-order valence-corrected chi connectivity index (χ4v) is 3.20. The lowest BCUT2D eigenvalue weighted by Crippen LogP contribution is -2.22. The van der Waals surface area contributed by atoms with Gasteiger partial charge in [0.25, 0.3) is 5.56 Å². The summed E-state index contributed by atoms with van der Waals surface area (Å²) in [5.74, 6) is 0.445. The fraction of sp³-hybridized carbons (Fsp3) is 0. The molecule has 0 bridgehead atoms. The third kappa shape index (κ3) is 2.55. The topological polar surface area (TPSA) is 64.2 Å². The molecule has 27 heavy (non-hydrogen) atoms. The van der Waals surface area contributed by atoms with Crippen molar-refractivity contribution in [2.75, 3.05) is 5.32 Å². The molecule has 130 valence electrons. The molecule has 3 aromatic heterocycles. The van der Waals surface area contributed by atoms with Crippen molar-refractivity contribution in [1.82, 2.24) is 18.9 Å². The summed E-state index contributed by atoms with van der Waals surface area (Å²) in [6.07, 6.45) is 5.53. The number of imidazole rings is 1. The van der Waals surface area contributed by atoms with Crippen molar-refractivity contribution < 1.29 is 0 Å². The van der Waals surface area contributed by atoms with Crippen LogP contribution in [0.2, 0.25) is 0 Å². The summed E-state index contributed by atoms with van der Waals surface area (Å²) in [5.41, 5.74) is 2.81. The molecular weight excluding hydrogens is 338 g/mol. The highest BCUT2D eigenvalue weighted by atomic mass is 16.1. The van der Waals surface area contributed by atoms with E-state index in [1.165, 1.54) is 0 Å². The fourth-order valence-electron chi connectivity index (χ4n) is 3.20. The molecule has 5 rings (SSSR count). The maximum atomic E-state index is 13.2. The number of hydrogen-bond donors (Lipinski definition) is 1. The zero-order chi connectivity index (χ0) is 18.2. The molecule has 0 atom stereocenters. The van der Waals surface area contributed by atoms with E-state index in [1.54, 1.807) is 16.8 Å². The van der Waals surface area contributed by atoms with Gasteiger partial charge in [0.2, 0.25) is 5.95 Å². The number of nitrogens with zero attached hydrogens (tertiary/aromatic N) is 4. The summed E-state index contributed by atoms with van der Waals surface area (Å²) in [6.45, 7) is 0.